The number of thiocarbonyl (C=S) groups is 1. The summed E-state index contributed by atoms with van der Waals surface area (Å²) in [5, 5.41) is 0. The van der Waals surface area contributed by atoms with E-state index in [4.69, 9.17) is 18.0 Å². The van der Waals surface area contributed by atoms with E-state index in [1.54, 1.807) is 0 Å². The number of hydrogen-bond acceptors (Lipinski definition) is 2. The molecule has 0 heterocycles. The van der Waals surface area contributed by atoms with Gasteiger partial charge in [-0.25, -0.2) is 0 Å². The van der Waals surface area contributed by atoms with Crippen molar-refractivity contribution in [1.82, 2.24) is 0 Å². The van der Waals surface area contributed by atoms with Crippen LogP contribution in [-0.4, -0.2) is 11.5 Å². The maximum atomic E-state index is 5.84. The van der Waals surface area contributed by atoms with Crippen molar-refractivity contribution in [3.8, 4) is 0 Å². The Morgan fingerprint density at radius 1 is 1.16 bits per heavy atom. The molecule has 0 atom stereocenters. The summed E-state index contributed by atoms with van der Waals surface area (Å²) in [7, 11) is 0. The third-order valence-electron chi connectivity index (χ3n) is 3.09. The average molecular weight is 270 g/mol. The molecule has 0 aliphatic rings. The third kappa shape index (κ3) is 2.93. The number of rotatable bonds is 4. The van der Waals surface area contributed by atoms with Crippen LogP contribution in [0, 0.1) is 6.92 Å². The van der Waals surface area contributed by atoms with E-state index in [1.165, 1.54) is 5.56 Å². The first-order valence-electron chi connectivity index (χ1n) is 6.36. The number of nitrogens with two attached hydrogens (primary N) is 1. The summed E-state index contributed by atoms with van der Waals surface area (Å²) >= 11 is 5.16. The van der Waals surface area contributed by atoms with Gasteiger partial charge in [0.05, 0.1) is 5.69 Å². The molecule has 0 saturated heterocycles. The number of aryl methyl sites for hydroxylation is 1. The summed E-state index contributed by atoms with van der Waals surface area (Å²) in [5.41, 5.74) is 10.2. The van der Waals surface area contributed by atoms with Gasteiger partial charge < -0.3 is 10.6 Å². The standard InChI is InChI=1S/C16H18N2S/c1-3-18(13-7-5-4-6-8-13)15-11-12(2)9-10-14(15)16(17)19/h4-11H,3H2,1-2H3,(H2,17,19). The van der Waals surface area contributed by atoms with Crippen molar-refractivity contribution >= 4 is 28.6 Å². The van der Waals surface area contributed by atoms with Crippen LogP contribution in [0.5, 0.6) is 0 Å². The van der Waals surface area contributed by atoms with E-state index < -0.39 is 0 Å². The minimum absolute atomic E-state index is 0.435. The molecule has 0 amide bonds. The zero-order chi connectivity index (χ0) is 13.8. The van der Waals surface area contributed by atoms with E-state index in [-0.39, 0.29) is 0 Å². The van der Waals surface area contributed by atoms with Crippen LogP contribution in [0.3, 0.4) is 0 Å². The van der Waals surface area contributed by atoms with Gasteiger partial charge in [0, 0.05) is 17.8 Å². The van der Waals surface area contributed by atoms with Gasteiger partial charge in [-0.15, -0.1) is 0 Å². The number of hydrogen-bond donors (Lipinski definition) is 1. The van der Waals surface area contributed by atoms with E-state index in [1.807, 2.05) is 30.3 Å². The highest BCUT2D eigenvalue weighted by Gasteiger charge is 2.13. The molecular formula is C16H18N2S. The fourth-order valence-electron chi connectivity index (χ4n) is 2.17. The molecular weight excluding hydrogens is 252 g/mol. The number of benzene rings is 2. The lowest BCUT2D eigenvalue weighted by atomic mass is 10.1. The second-order valence-electron chi connectivity index (χ2n) is 4.46. The van der Waals surface area contributed by atoms with Crippen LogP contribution >= 0.6 is 12.2 Å². The minimum atomic E-state index is 0.435. The molecule has 3 heteroatoms. The lowest BCUT2D eigenvalue weighted by molar-refractivity contribution is 1.02. The lowest BCUT2D eigenvalue weighted by Gasteiger charge is -2.26. The topological polar surface area (TPSA) is 29.3 Å². The maximum absolute atomic E-state index is 5.84. The largest absolute Gasteiger partial charge is 0.389 e. The molecule has 0 spiro atoms. The van der Waals surface area contributed by atoms with E-state index in [9.17, 15) is 0 Å². The van der Waals surface area contributed by atoms with E-state index >= 15 is 0 Å². The summed E-state index contributed by atoms with van der Waals surface area (Å²) in [6, 6.07) is 16.4. The average Bonchev–Trinajstić information content (AvgIpc) is 2.40. The fourth-order valence-corrected chi connectivity index (χ4v) is 2.35. The molecule has 0 aliphatic heterocycles. The van der Waals surface area contributed by atoms with Crippen LogP contribution in [0.1, 0.15) is 18.1 Å². The van der Waals surface area contributed by atoms with Crippen LogP contribution in [0.15, 0.2) is 48.5 Å². The first kappa shape index (κ1) is 13.6. The van der Waals surface area contributed by atoms with Crippen molar-refractivity contribution in [2.24, 2.45) is 5.73 Å². The number of anilines is 2. The van der Waals surface area contributed by atoms with Crippen molar-refractivity contribution in [2.75, 3.05) is 11.4 Å². The highest BCUT2D eigenvalue weighted by Crippen LogP contribution is 2.29. The minimum Gasteiger partial charge on any atom is -0.389 e. The summed E-state index contributed by atoms with van der Waals surface area (Å²) in [6.07, 6.45) is 0. The predicted octanol–water partition coefficient (Wildman–Crippen LogP) is 3.79. The van der Waals surface area contributed by atoms with Crippen LogP contribution in [0.4, 0.5) is 11.4 Å². The first-order chi connectivity index (χ1) is 9.13. The molecule has 2 aromatic carbocycles. The Labute approximate surface area is 119 Å². The SMILES string of the molecule is CCN(c1ccccc1)c1cc(C)ccc1C(N)=S. The Bertz CT molecular complexity index is 579. The molecule has 2 N–H and O–H groups in total. The monoisotopic (exact) mass is 270 g/mol. The maximum Gasteiger partial charge on any atom is 0.106 e. The van der Waals surface area contributed by atoms with Gasteiger partial charge in [-0.1, -0.05) is 36.5 Å². The van der Waals surface area contributed by atoms with E-state index in [2.05, 4.69) is 36.9 Å². The van der Waals surface area contributed by atoms with Crippen molar-refractivity contribution in [3.05, 3.63) is 59.7 Å². The molecule has 0 radical (unpaired) electrons. The molecule has 0 fully saturated rings. The molecule has 19 heavy (non-hydrogen) atoms. The first-order valence-corrected chi connectivity index (χ1v) is 6.77. The Morgan fingerprint density at radius 2 is 1.84 bits per heavy atom. The summed E-state index contributed by atoms with van der Waals surface area (Å²) < 4.78 is 0. The molecule has 98 valence electrons. The second-order valence-corrected chi connectivity index (χ2v) is 4.90. The smallest absolute Gasteiger partial charge is 0.106 e. The van der Waals surface area contributed by atoms with Crippen molar-refractivity contribution < 1.29 is 0 Å². The second kappa shape index (κ2) is 5.85. The molecule has 2 rings (SSSR count). The number of nitrogens with zero attached hydrogens (tertiary/aromatic N) is 1. The molecule has 0 aromatic heterocycles. The molecule has 0 bridgehead atoms. The van der Waals surface area contributed by atoms with Gasteiger partial charge in [-0.2, -0.15) is 0 Å². The highest BCUT2D eigenvalue weighted by molar-refractivity contribution is 7.80. The van der Waals surface area contributed by atoms with E-state index in [0.29, 0.717) is 4.99 Å². The molecule has 0 saturated carbocycles. The van der Waals surface area contributed by atoms with Gasteiger partial charge >= 0.3 is 0 Å². The van der Waals surface area contributed by atoms with Gasteiger partial charge in [-0.05, 0) is 43.7 Å². The molecule has 2 aromatic rings. The quantitative estimate of drug-likeness (QED) is 0.857. The lowest BCUT2D eigenvalue weighted by Crippen LogP contribution is -2.21. The molecule has 0 aliphatic carbocycles. The van der Waals surface area contributed by atoms with Crippen LogP contribution in [0.2, 0.25) is 0 Å². The fraction of sp³-hybridized carbons (Fsp3) is 0.188. The van der Waals surface area contributed by atoms with Crippen LogP contribution < -0.4 is 10.6 Å². The Morgan fingerprint density at radius 3 is 2.42 bits per heavy atom. The predicted molar refractivity (Wildman–Crippen MR) is 86.2 cm³/mol. The Balaban J connectivity index is 2.55. The van der Waals surface area contributed by atoms with E-state index in [0.717, 1.165) is 23.5 Å². The third-order valence-corrected chi connectivity index (χ3v) is 3.31. The van der Waals surface area contributed by atoms with Crippen LogP contribution in [-0.2, 0) is 0 Å². The van der Waals surface area contributed by atoms with Crippen molar-refractivity contribution in [2.45, 2.75) is 13.8 Å². The van der Waals surface area contributed by atoms with Gasteiger partial charge in [-0.3, -0.25) is 0 Å². The van der Waals surface area contributed by atoms with Gasteiger partial charge in [0.25, 0.3) is 0 Å². The van der Waals surface area contributed by atoms with Gasteiger partial charge in [0.15, 0.2) is 0 Å². The van der Waals surface area contributed by atoms with Crippen LogP contribution in [0.25, 0.3) is 0 Å². The zero-order valence-corrected chi connectivity index (χ0v) is 12.1. The Hall–Kier alpha value is -1.87. The highest BCUT2D eigenvalue weighted by atomic mass is 32.1. The summed E-state index contributed by atoms with van der Waals surface area (Å²) in [5.74, 6) is 0. The Kier molecular flexibility index (Phi) is 4.17. The summed E-state index contributed by atoms with van der Waals surface area (Å²) in [4.78, 5) is 2.66. The van der Waals surface area contributed by atoms with Gasteiger partial charge in [0.2, 0.25) is 0 Å². The molecule has 2 nitrogen and oxygen atoms in total. The summed E-state index contributed by atoms with van der Waals surface area (Å²) in [6.45, 7) is 5.06. The van der Waals surface area contributed by atoms with Gasteiger partial charge in [0.1, 0.15) is 4.99 Å². The van der Waals surface area contributed by atoms with Crippen molar-refractivity contribution in [1.29, 1.82) is 0 Å². The number of para-hydroxylation sites is 1. The normalized spacial score (nSPS) is 10.2. The zero-order valence-electron chi connectivity index (χ0n) is 11.3. The molecule has 0 unspecified atom stereocenters. The van der Waals surface area contributed by atoms with Crippen molar-refractivity contribution in [3.63, 3.8) is 0 Å².